The molecule has 5 nitrogen and oxygen atoms in total. The van der Waals surface area contributed by atoms with Gasteiger partial charge >= 0.3 is 0 Å². The van der Waals surface area contributed by atoms with Crippen LogP contribution in [-0.2, 0) is 16.4 Å². The summed E-state index contributed by atoms with van der Waals surface area (Å²) < 4.78 is 27.3. The van der Waals surface area contributed by atoms with Crippen LogP contribution in [0, 0.1) is 0 Å². The van der Waals surface area contributed by atoms with Crippen molar-refractivity contribution in [3.8, 4) is 0 Å². The number of pyridine rings is 1. The highest BCUT2D eigenvalue weighted by molar-refractivity contribution is 7.99. The first-order chi connectivity index (χ1) is 14.0. The van der Waals surface area contributed by atoms with Crippen molar-refractivity contribution in [2.45, 2.75) is 67.0 Å². The van der Waals surface area contributed by atoms with Crippen molar-refractivity contribution in [1.82, 2.24) is 9.29 Å². The van der Waals surface area contributed by atoms with Gasteiger partial charge in [-0.25, -0.2) is 13.4 Å². The number of aliphatic hydroxyl groups excluding tert-OH is 1. The smallest absolute Gasteiger partial charge is 0.244 e. The fraction of sp³-hybridized carbons (Fsp3) is 0.500. The van der Waals surface area contributed by atoms with Gasteiger partial charge in [-0.2, -0.15) is 4.31 Å². The number of thioether (sulfide) groups is 1. The molecular weight excluding hydrogens is 404 g/mol. The first-order valence-electron chi connectivity index (χ1n) is 10.3. The van der Waals surface area contributed by atoms with E-state index in [0.717, 1.165) is 37.1 Å². The topological polar surface area (TPSA) is 70.5 Å². The van der Waals surface area contributed by atoms with Gasteiger partial charge in [-0.3, -0.25) is 0 Å². The van der Waals surface area contributed by atoms with E-state index in [1.807, 2.05) is 18.2 Å². The zero-order valence-corrected chi connectivity index (χ0v) is 18.5. The molecule has 7 heteroatoms. The fourth-order valence-electron chi connectivity index (χ4n) is 3.65. The molecule has 1 saturated carbocycles. The maximum absolute atomic E-state index is 12.9. The van der Waals surface area contributed by atoms with Gasteiger partial charge in [0.15, 0.2) is 0 Å². The van der Waals surface area contributed by atoms with E-state index in [4.69, 9.17) is 0 Å². The molecule has 158 valence electrons. The van der Waals surface area contributed by atoms with Crippen LogP contribution in [0.1, 0.15) is 44.1 Å². The lowest BCUT2D eigenvalue weighted by Gasteiger charge is -2.30. The van der Waals surface area contributed by atoms with Crippen LogP contribution in [0.5, 0.6) is 0 Å². The lowest BCUT2D eigenvalue weighted by atomic mass is 9.96. The predicted octanol–water partition coefficient (Wildman–Crippen LogP) is 4.12. The highest BCUT2D eigenvalue weighted by Gasteiger charge is 2.29. The largest absolute Gasteiger partial charge is 0.392 e. The molecule has 3 rings (SSSR count). The van der Waals surface area contributed by atoms with Crippen molar-refractivity contribution in [2.75, 3.05) is 12.8 Å². The third kappa shape index (κ3) is 6.28. The van der Waals surface area contributed by atoms with Crippen LogP contribution >= 0.6 is 11.8 Å². The molecule has 1 aliphatic carbocycles. The highest BCUT2D eigenvalue weighted by atomic mass is 32.2. The lowest BCUT2D eigenvalue weighted by molar-refractivity contribution is 0.189. The van der Waals surface area contributed by atoms with Gasteiger partial charge in [-0.05, 0) is 43.4 Å². The third-order valence-corrected chi connectivity index (χ3v) is 8.49. The van der Waals surface area contributed by atoms with E-state index in [-0.39, 0.29) is 10.9 Å². The van der Waals surface area contributed by atoms with Crippen molar-refractivity contribution >= 4 is 21.8 Å². The fourth-order valence-corrected chi connectivity index (χ4v) is 5.84. The van der Waals surface area contributed by atoms with E-state index in [2.05, 4.69) is 17.1 Å². The quantitative estimate of drug-likeness (QED) is 0.601. The maximum atomic E-state index is 12.9. The summed E-state index contributed by atoms with van der Waals surface area (Å²) in [7, 11) is -1.84. The molecule has 0 saturated heterocycles. The molecule has 2 aromatic rings. The second-order valence-electron chi connectivity index (χ2n) is 7.63. The van der Waals surface area contributed by atoms with Crippen LogP contribution in [0.2, 0.25) is 0 Å². The normalized spacial score (nSPS) is 16.8. The van der Waals surface area contributed by atoms with Gasteiger partial charge in [0.05, 0.1) is 11.1 Å². The minimum atomic E-state index is -3.51. The third-order valence-electron chi connectivity index (χ3n) is 5.51. The second-order valence-corrected chi connectivity index (χ2v) is 10.7. The Hall–Kier alpha value is -1.41. The van der Waals surface area contributed by atoms with E-state index in [9.17, 15) is 13.5 Å². The summed E-state index contributed by atoms with van der Waals surface area (Å²) in [5, 5.41) is 10.9. The van der Waals surface area contributed by atoms with Crippen molar-refractivity contribution in [3.05, 3.63) is 54.2 Å². The first-order valence-corrected chi connectivity index (χ1v) is 12.7. The molecule has 0 bridgehead atoms. The molecule has 1 aromatic heterocycles. The van der Waals surface area contributed by atoms with Crippen LogP contribution in [0.3, 0.4) is 0 Å². The Morgan fingerprint density at radius 3 is 2.52 bits per heavy atom. The minimum Gasteiger partial charge on any atom is -0.392 e. The molecule has 1 aliphatic rings. The number of aromatic nitrogens is 1. The van der Waals surface area contributed by atoms with Crippen LogP contribution in [0.4, 0.5) is 0 Å². The van der Waals surface area contributed by atoms with Crippen LogP contribution in [-0.4, -0.2) is 47.8 Å². The molecule has 0 amide bonds. The summed E-state index contributed by atoms with van der Waals surface area (Å²) in [5.74, 6) is 0.536. The monoisotopic (exact) mass is 434 g/mol. The second kappa shape index (κ2) is 10.6. The lowest BCUT2D eigenvalue weighted by Crippen LogP contribution is -2.38. The average Bonchev–Trinajstić information content (AvgIpc) is 2.77. The van der Waals surface area contributed by atoms with Crippen LogP contribution < -0.4 is 0 Å². The van der Waals surface area contributed by atoms with Gasteiger partial charge in [0.2, 0.25) is 10.0 Å². The Labute approximate surface area is 178 Å². The Kier molecular flexibility index (Phi) is 8.12. The zero-order valence-electron chi connectivity index (χ0n) is 16.9. The Bertz CT molecular complexity index is 851. The molecular formula is C22H30N2O3S2. The van der Waals surface area contributed by atoms with Crippen LogP contribution in [0.15, 0.2) is 58.6 Å². The van der Waals surface area contributed by atoms with E-state index in [1.54, 1.807) is 19.2 Å². The number of nitrogens with zero attached hydrogens (tertiary/aromatic N) is 2. The summed E-state index contributed by atoms with van der Waals surface area (Å²) in [4.78, 5) is 4.54. The minimum absolute atomic E-state index is 0.0857. The van der Waals surface area contributed by atoms with Gasteiger partial charge in [-0.15, -0.1) is 11.8 Å². The van der Waals surface area contributed by atoms with Gasteiger partial charge in [0, 0.05) is 25.0 Å². The zero-order chi connectivity index (χ0) is 20.7. The molecule has 1 aromatic carbocycles. The molecule has 29 heavy (non-hydrogen) atoms. The van der Waals surface area contributed by atoms with Crippen molar-refractivity contribution in [1.29, 1.82) is 0 Å². The number of benzene rings is 1. The molecule has 0 aliphatic heterocycles. The van der Waals surface area contributed by atoms with Gasteiger partial charge in [0.25, 0.3) is 0 Å². The molecule has 1 atom stereocenters. The Morgan fingerprint density at radius 1 is 1.14 bits per heavy atom. The number of aryl methyl sites for hydroxylation is 1. The van der Waals surface area contributed by atoms with E-state index >= 15 is 0 Å². The summed E-state index contributed by atoms with van der Waals surface area (Å²) in [5.41, 5.74) is 1.21. The standard InChI is InChI=1S/C22H30N2O3S2/c1-24(19-10-6-3-7-11-19)29(26,27)21-14-15-22(23-16-21)28-17-20(25)13-12-18-8-4-2-5-9-18/h2,4-5,8-9,14-16,19-20,25H,3,6-7,10-13,17H2,1H3. The molecule has 1 unspecified atom stereocenters. The van der Waals surface area contributed by atoms with E-state index in [1.165, 1.54) is 34.2 Å². The number of sulfonamides is 1. The average molecular weight is 435 g/mol. The summed E-state index contributed by atoms with van der Waals surface area (Å²) in [6, 6.07) is 13.6. The van der Waals surface area contributed by atoms with E-state index in [0.29, 0.717) is 12.2 Å². The summed E-state index contributed by atoms with van der Waals surface area (Å²) in [6.07, 6.45) is 7.76. The molecule has 0 spiro atoms. The van der Waals surface area contributed by atoms with Gasteiger partial charge in [-0.1, -0.05) is 49.6 Å². The van der Waals surface area contributed by atoms with E-state index < -0.39 is 16.1 Å². The maximum Gasteiger partial charge on any atom is 0.244 e. The van der Waals surface area contributed by atoms with Crippen molar-refractivity contribution in [3.63, 3.8) is 0 Å². The summed E-state index contributed by atoms with van der Waals surface area (Å²) in [6.45, 7) is 0. The molecule has 1 heterocycles. The molecule has 1 fully saturated rings. The predicted molar refractivity (Wildman–Crippen MR) is 118 cm³/mol. The first kappa shape index (κ1) is 22.3. The number of hydrogen-bond acceptors (Lipinski definition) is 5. The summed E-state index contributed by atoms with van der Waals surface area (Å²) >= 11 is 1.45. The molecule has 1 N–H and O–H groups in total. The van der Waals surface area contributed by atoms with Gasteiger partial charge < -0.3 is 5.11 Å². The Balaban J connectivity index is 1.51. The SMILES string of the molecule is CN(C1CCCCC1)S(=O)(=O)c1ccc(SCC(O)CCc2ccccc2)nc1. The highest BCUT2D eigenvalue weighted by Crippen LogP contribution is 2.27. The van der Waals surface area contributed by atoms with Crippen molar-refractivity contribution in [2.24, 2.45) is 0 Å². The van der Waals surface area contributed by atoms with Crippen molar-refractivity contribution < 1.29 is 13.5 Å². The number of rotatable bonds is 9. The van der Waals surface area contributed by atoms with Gasteiger partial charge in [0.1, 0.15) is 4.90 Å². The number of aliphatic hydroxyl groups is 1. The molecule has 0 radical (unpaired) electrons. The Morgan fingerprint density at radius 2 is 1.86 bits per heavy atom. The number of hydrogen-bond donors (Lipinski definition) is 1. The van der Waals surface area contributed by atoms with Crippen LogP contribution in [0.25, 0.3) is 0 Å².